The van der Waals surface area contributed by atoms with E-state index in [4.69, 9.17) is 9.84 Å². The lowest BCUT2D eigenvalue weighted by Crippen LogP contribution is -2.47. The lowest BCUT2D eigenvalue weighted by molar-refractivity contribution is -0.148. The highest BCUT2D eigenvalue weighted by Gasteiger charge is 2.31. The molecule has 1 aromatic carbocycles. The van der Waals surface area contributed by atoms with Crippen LogP contribution in [0.3, 0.4) is 0 Å². The van der Waals surface area contributed by atoms with E-state index in [2.05, 4.69) is 0 Å². The van der Waals surface area contributed by atoms with Gasteiger partial charge in [0.2, 0.25) is 0 Å². The number of aliphatic carboxylic acids is 1. The van der Waals surface area contributed by atoms with Gasteiger partial charge in [-0.15, -0.1) is 0 Å². The lowest BCUT2D eigenvalue weighted by atomic mass is 10.0. The van der Waals surface area contributed by atoms with Gasteiger partial charge in [0.15, 0.2) is 11.6 Å². The zero-order chi connectivity index (χ0) is 14.6. The van der Waals surface area contributed by atoms with Crippen LogP contribution in [0.2, 0.25) is 0 Å². The first-order chi connectivity index (χ1) is 8.78. The number of hydrogen-bond acceptors (Lipinski definition) is 3. The van der Waals surface area contributed by atoms with E-state index in [0.717, 1.165) is 0 Å². The predicted octanol–water partition coefficient (Wildman–Crippen LogP) is 2.52. The summed E-state index contributed by atoms with van der Waals surface area (Å²) in [7, 11) is 1.70. The summed E-state index contributed by atoms with van der Waals surface area (Å²) in [5, 5.41) is 9.12. The highest BCUT2D eigenvalue weighted by molar-refractivity contribution is 5.77. The number of benzene rings is 1. The number of likely N-dealkylation sites (N-methyl/N-ethyl adjacent to an activating group) is 1. The second-order valence-corrected chi connectivity index (χ2v) is 4.92. The van der Waals surface area contributed by atoms with Crippen molar-refractivity contribution in [1.29, 1.82) is 0 Å². The topological polar surface area (TPSA) is 49.8 Å². The number of carbonyl (C=O) groups is 1. The normalized spacial score (nSPS) is 11.7. The highest BCUT2D eigenvalue weighted by atomic mass is 19.1. The molecule has 0 aliphatic heterocycles. The molecule has 0 bridgehead atoms. The molecule has 0 atom stereocenters. The third-order valence-electron chi connectivity index (χ3n) is 3.19. The van der Waals surface area contributed by atoms with Crippen LogP contribution >= 0.6 is 0 Å². The molecule has 0 heterocycles. The molecule has 0 aromatic heterocycles. The standard InChI is InChI=1S/C14H20FNO3/c1-5-19-12-7-6-10(8-11(12)15)9-16(4)14(2,3)13(17)18/h6-8H,5,9H2,1-4H3,(H,17,18). The lowest BCUT2D eigenvalue weighted by Gasteiger charge is -2.31. The Hall–Kier alpha value is -1.62. The summed E-state index contributed by atoms with van der Waals surface area (Å²) in [4.78, 5) is 12.8. The van der Waals surface area contributed by atoms with Gasteiger partial charge in [0.1, 0.15) is 5.54 Å². The van der Waals surface area contributed by atoms with E-state index in [0.29, 0.717) is 18.7 Å². The summed E-state index contributed by atoms with van der Waals surface area (Å²) < 4.78 is 18.8. The van der Waals surface area contributed by atoms with Gasteiger partial charge in [-0.3, -0.25) is 9.69 Å². The van der Waals surface area contributed by atoms with E-state index in [1.807, 2.05) is 0 Å². The van der Waals surface area contributed by atoms with Crippen molar-refractivity contribution in [3.05, 3.63) is 29.6 Å². The number of carboxylic acid groups (broad SMARTS) is 1. The summed E-state index contributed by atoms with van der Waals surface area (Å²) in [5.74, 6) is -1.13. The summed E-state index contributed by atoms with van der Waals surface area (Å²) in [6, 6.07) is 4.68. The minimum absolute atomic E-state index is 0.214. The van der Waals surface area contributed by atoms with Crippen molar-refractivity contribution in [2.75, 3.05) is 13.7 Å². The smallest absolute Gasteiger partial charge is 0.323 e. The van der Waals surface area contributed by atoms with Gasteiger partial charge >= 0.3 is 5.97 Å². The predicted molar refractivity (Wildman–Crippen MR) is 70.8 cm³/mol. The third-order valence-corrected chi connectivity index (χ3v) is 3.19. The Kier molecular flexibility index (Phi) is 4.89. The van der Waals surface area contributed by atoms with E-state index in [9.17, 15) is 9.18 Å². The van der Waals surface area contributed by atoms with Crippen LogP contribution in [0.25, 0.3) is 0 Å². The van der Waals surface area contributed by atoms with E-state index in [1.54, 1.807) is 44.9 Å². The van der Waals surface area contributed by atoms with E-state index in [1.165, 1.54) is 6.07 Å². The maximum Gasteiger partial charge on any atom is 0.323 e. The molecule has 5 heteroatoms. The van der Waals surface area contributed by atoms with Crippen LogP contribution in [0.1, 0.15) is 26.3 Å². The van der Waals surface area contributed by atoms with Crippen LogP contribution < -0.4 is 4.74 Å². The van der Waals surface area contributed by atoms with Gasteiger partial charge in [0.25, 0.3) is 0 Å². The fourth-order valence-corrected chi connectivity index (χ4v) is 1.55. The SMILES string of the molecule is CCOc1ccc(CN(C)C(C)(C)C(=O)O)cc1F. The number of ether oxygens (including phenoxy) is 1. The van der Waals surface area contributed by atoms with Crippen molar-refractivity contribution < 1.29 is 19.0 Å². The molecular formula is C14H20FNO3. The molecular weight excluding hydrogens is 249 g/mol. The number of halogens is 1. The molecule has 1 rings (SSSR count). The maximum absolute atomic E-state index is 13.7. The Morgan fingerprint density at radius 1 is 1.47 bits per heavy atom. The number of hydrogen-bond donors (Lipinski definition) is 1. The van der Waals surface area contributed by atoms with Gasteiger partial charge < -0.3 is 9.84 Å². The molecule has 106 valence electrons. The summed E-state index contributed by atoms with van der Waals surface area (Å²) in [5.41, 5.74) is -0.299. The Morgan fingerprint density at radius 2 is 2.11 bits per heavy atom. The molecule has 4 nitrogen and oxygen atoms in total. The molecule has 1 aromatic rings. The fourth-order valence-electron chi connectivity index (χ4n) is 1.55. The summed E-state index contributed by atoms with van der Waals surface area (Å²) in [6.07, 6.45) is 0. The minimum Gasteiger partial charge on any atom is -0.491 e. The highest BCUT2D eigenvalue weighted by Crippen LogP contribution is 2.21. The molecule has 0 radical (unpaired) electrons. The molecule has 1 N–H and O–H groups in total. The molecule has 0 spiro atoms. The minimum atomic E-state index is -1.00. The molecule has 0 aliphatic rings. The van der Waals surface area contributed by atoms with Gasteiger partial charge in [-0.05, 0) is 45.5 Å². The van der Waals surface area contributed by atoms with Crippen molar-refractivity contribution in [3.8, 4) is 5.75 Å². The molecule has 0 saturated heterocycles. The van der Waals surface area contributed by atoms with Crippen LogP contribution in [0.15, 0.2) is 18.2 Å². The molecule has 0 aliphatic carbocycles. The van der Waals surface area contributed by atoms with Crippen molar-refractivity contribution in [2.24, 2.45) is 0 Å². The van der Waals surface area contributed by atoms with Gasteiger partial charge in [-0.25, -0.2) is 4.39 Å². The van der Waals surface area contributed by atoms with Gasteiger partial charge in [0.05, 0.1) is 6.61 Å². The zero-order valence-electron chi connectivity index (χ0n) is 11.7. The Bertz CT molecular complexity index is 460. The number of nitrogens with zero attached hydrogens (tertiary/aromatic N) is 1. The van der Waals surface area contributed by atoms with Crippen LogP contribution in [0, 0.1) is 5.82 Å². The zero-order valence-corrected chi connectivity index (χ0v) is 11.7. The summed E-state index contributed by atoms with van der Waals surface area (Å²) >= 11 is 0. The van der Waals surface area contributed by atoms with Crippen LogP contribution in [0.4, 0.5) is 4.39 Å². The molecule has 0 fully saturated rings. The van der Waals surface area contributed by atoms with Crippen molar-refractivity contribution in [1.82, 2.24) is 4.90 Å². The van der Waals surface area contributed by atoms with E-state index in [-0.39, 0.29) is 5.75 Å². The van der Waals surface area contributed by atoms with E-state index >= 15 is 0 Å². The van der Waals surface area contributed by atoms with Crippen molar-refractivity contribution in [2.45, 2.75) is 32.9 Å². The first-order valence-electron chi connectivity index (χ1n) is 6.15. The van der Waals surface area contributed by atoms with E-state index < -0.39 is 17.3 Å². The largest absolute Gasteiger partial charge is 0.491 e. The van der Waals surface area contributed by atoms with Crippen LogP contribution in [-0.2, 0) is 11.3 Å². The first-order valence-corrected chi connectivity index (χ1v) is 6.15. The van der Waals surface area contributed by atoms with Gasteiger partial charge in [-0.1, -0.05) is 6.07 Å². The average molecular weight is 269 g/mol. The first kappa shape index (κ1) is 15.4. The monoisotopic (exact) mass is 269 g/mol. The van der Waals surface area contributed by atoms with Crippen molar-refractivity contribution in [3.63, 3.8) is 0 Å². The average Bonchev–Trinajstić information content (AvgIpc) is 2.32. The quantitative estimate of drug-likeness (QED) is 0.862. The van der Waals surface area contributed by atoms with Gasteiger partial charge in [-0.2, -0.15) is 0 Å². The Morgan fingerprint density at radius 3 is 2.58 bits per heavy atom. The van der Waals surface area contributed by atoms with Crippen molar-refractivity contribution >= 4 is 5.97 Å². The second-order valence-electron chi connectivity index (χ2n) is 4.92. The Balaban J connectivity index is 2.83. The molecule has 0 saturated carbocycles. The second kappa shape index (κ2) is 6.02. The van der Waals surface area contributed by atoms with Crippen LogP contribution in [-0.4, -0.2) is 35.2 Å². The van der Waals surface area contributed by atoms with Crippen LogP contribution in [0.5, 0.6) is 5.75 Å². The molecule has 0 unspecified atom stereocenters. The maximum atomic E-state index is 13.7. The fraction of sp³-hybridized carbons (Fsp3) is 0.500. The third kappa shape index (κ3) is 3.67. The molecule has 19 heavy (non-hydrogen) atoms. The number of rotatable bonds is 6. The number of carboxylic acids is 1. The van der Waals surface area contributed by atoms with Gasteiger partial charge in [0, 0.05) is 6.54 Å². The summed E-state index contributed by atoms with van der Waals surface area (Å²) in [6.45, 7) is 5.77. The Labute approximate surface area is 112 Å². The molecule has 0 amide bonds.